The summed E-state index contributed by atoms with van der Waals surface area (Å²) in [5.41, 5.74) is 1.19. The molecule has 2 heterocycles. The Balaban J connectivity index is 2.28. The largest absolute Gasteiger partial charge is 0.465 e. The SMILES string of the molecule is COC(=O)c1cc2c(=O)n(-c3cccc(F)c3)ccc2nc1C. The van der Waals surface area contributed by atoms with Crippen LogP contribution in [0, 0.1) is 12.7 Å². The van der Waals surface area contributed by atoms with Crippen molar-refractivity contribution in [2.75, 3.05) is 7.11 Å². The Labute approximate surface area is 131 Å². The number of aryl methyl sites for hydroxylation is 1. The number of ether oxygens (including phenoxy) is 1. The number of hydrogen-bond acceptors (Lipinski definition) is 4. The molecule has 0 aliphatic rings. The minimum Gasteiger partial charge on any atom is -0.465 e. The molecule has 0 unspecified atom stereocenters. The second-order valence-electron chi connectivity index (χ2n) is 5.02. The summed E-state index contributed by atoms with van der Waals surface area (Å²) in [5.74, 6) is -0.996. The number of halogens is 1. The van der Waals surface area contributed by atoms with Crippen LogP contribution in [0.2, 0.25) is 0 Å². The van der Waals surface area contributed by atoms with Gasteiger partial charge in [0.15, 0.2) is 0 Å². The zero-order chi connectivity index (χ0) is 16.6. The van der Waals surface area contributed by atoms with E-state index in [1.54, 1.807) is 19.1 Å². The Hall–Kier alpha value is -3.02. The van der Waals surface area contributed by atoms with E-state index in [9.17, 15) is 14.0 Å². The first-order chi connectivity index (χ1) is 11.0. The van der Waals surface area contributed by atoms with Crippen LogP contribution in [0.1, 0.15) is 16.1 Å². The highest BCUT2D eigenvalue weighted by atomic mass is 19.1. The van der Waals surface area contributed by atoms with E-state index in [1.165, 1.54) is 42.1 Å². The van der Waals surface area contributed by atoms with Crippen LogP contribution in [0.3, 0.4) is 0 Å². The van der Waals surface area contributed by atoms with E-state index in [-0.39, 0.29) is 16.5 Å². The Kier molecular flexibility index (Phi) is 3.65. The summed E-state index contributed by atoms with van der Waals surface area (Å²) in [6.07, 6.45) is 1.53. The van der Waals surface area contributed by atoms with Crippen LogP contribution in [-0.4, -0.2) is 22.6 Å². The molecule has 0 N–H and O–H groups in total. The van der Waals surface area contributed by atoms with Crippen LogP contribution in [0.15, 0.2) is 47.4 Å². The number of rotatable bonds is 2. The third-order valence-electron chi connectivity index (χ3n) is 3.56. The normalized spacial score (nSPS) is 10.7. The number of carbonyl (C=O) groups excluding carboxylic acids is 1. The molecule has 6 heteroatoms. The quantitative estimate of drug-likeness (QED) is 0.683. The molecule has 0 aliphatic heterocycles. The van der Waals surface area contributed by atoms with Crippen LogP contribution >= 0.6 is 0 Å². The van der Waals surface area contributed by atoms with Gasteiger partial charge < -0.3 is 4.74 Å². The molecule has 3 rings (SSSR count). The zero-order valence-corrected chi connectivity index (χ0v) is 12.5. The fourth-order valence-corrected chi connectivity index (χ4v) is 2.41. The monoisotopic (exact) mass is 312 g/mol. The predicted molar refractivity (Wildman–Crippen MR) is 83.4 cm³/mol. The lowest BCUT2D eigenvalue weighted by Crippen LogP contribution is -2.19. The van der Waals surface area contributed by atoms with Gasteiger partial charge in [-0.3, -0.25) is 14.3 Å². The Morgan fingerprint density at radius 1 is 1.26 bits per heavy atom. The molecule has 23 heavy (non-hydrogen) atoms. The second-order valence-corrected chi connectivity index (χ2v) is 5.02. The Bertz CT molecular complexity index is 979. The van der Waals surface area contributed by atoms with Gasteiger partial charge in [0, 0.05) is 6.20 Å². The number of esters is 1. The maximum Gasteiger partial charge on any atom is 0.339 e. The number of nitrogens with zero attached hydrogens (tertiary/aromatic N) is 2. The smallest absolute Gasteiger partial charge is 0.339 e. The van der Waals surface area contributed by atoms with Crippen LogP contribution in [0.5, 0.6) is 0 Å². The lowest BCUT2D eigenvalue weighted by atomic mass is 10.1. The molecule has 0 bridgehead atoms. The van der Waals surface area contributed by atoms with Gasteiger partial charge in [0.1, 0.15) is 5.82 Å². The fraction of sp³-hybridized carbons (Fsp3) is 0.118. The van der Waals surface area contributed by atoms with Crippen molar-refractivity contribution >= 4 is 16.9 Å². The van der Waals surface area contributed by atoms with Gasteiger partial charge in [0.2, 0.25) is 0 Å². The molecule has 0 aliphatic carbocycles. The van der Waals surface area contributed by atoms with Gasteiger partial charge in [-0.05, 0) is 37.3 Å². The third kappa shape index (κ3) is 2.59. The lowest BCUT2D eigenvalue weighted by molar-refractivity contribution is 0.0599. The maximum absolute atomic E-state index is 13.4. The minimum absolute atomic E-state index is 0.231. The average molecular weight is 312 g/mol. The van der Waals surface area contributed by atoms with Crippen LogP contribution in [0.25, 0.3) is 16.6 Å². The molecule has 0 atom stereocenters. The number of hydrogen-bond donors (Lipinski definition) is 0. The van der Waals surface area contributed by atoms with Crippen molar-refractivity contribution in [1.29, 1.82) is 0 Å². The van der Waals surface area contributed by atoms with E-state index in [4.69, 9.17) is 4.74 Å². The molecule has 5 nitrogen and oxygen atoms in total. The van der Waals surface area contributed by atoms with Crippen molar-refractivity contribution in [3.05, 3.63) is 70.0 Å². The Morgan fingerprint density at radius 3 is 2.74 bits per heavy atom. The van der Waals surface area contributed by atoms with E-state index in [0.717, 1.165) is 0 Å². The fourth-order valence-electron chi connectivity index (χ4n) is 2.41. The van der Waals surface area contributed by atoms with Gasteiger partial charge in [-0.1, -0.05) is 6.07 Å². The van der Waals surface area contributed by atoms with Crippen molar-refractivity contribution in [2.45, 2.75) is 6.92 Å². The van der Waals surface area contributed by atoms with Crippen LogP contribution in [0.4, 0.5) is 4.39 Å². The molecule has 0 saturated carbocycles. The molecule has 3 aromatic rings. The van der Waals surface area contributed by atoms with Crippen molar-refractivity contribution in [3.8, 4) is 5.69 Å². The van der Waals surface area contributed by atoms with Gasteiger partial charge in [0.05, 0.1) is 35.0 Å². The van der Waals surface area contributed by atoms with Gasteiger partial charge in [-0.25, -0.2) is 9.18 Å². The minimum atomic E-state index is -0.558. The summed E-state index contributed by atoms with van der Waals surface area (Å²) in [4.78, 5) is 28.7. The number of aromatic nitrogens is 2. The second kappa shape index (κ2) is 5.64. The van der Waals surface area contributed by atoms with E-state index in [0.29, 0.717) is 16.9 Å². The summed E-state index contributed by atoms with van der Waals surface area (Å²) in [7, 11) is 1.27. The first-order valence-electron chi connectivity index (χ1n) is 6.88. The molecule has 0 radical (unpaired) electrons. The van der Waals surface area contributed by atoms with E-state index in [1.807, 2.05) is 0 Å². The van der Waals surface area contributed by atoms with Gasteiger partial charge in [-0.15, -0.1) is 0 Å². The molecule has 116 valence electrons. The lowest BCUT2D eigenvalue weighted by Gasteiger charge is -2.09. The molecule has 0 saturated heterocycles. The molecule has 0 fully saturated rings. The number of methoxy groups -OCH3 is 1. The summed E-state index contributed by atoms with van der Waals surface area (Å²) in [6, 6.07) is 8.82. The Morgan fingerprint density at radius 2 is 2.04 bits per heavy atom. The van der Waals surface area contributed by atoms with E-state index in [2.05, 4.69) is 4.98 Å². The molecule has 0 amide bonds. The summed E-state index contributed by atoms with van der Waals surface area (Å²) in [6.45, 7) is 1.67. The van der Waals surface area contributed by atoms with Gasteiger partial charge >= 0.3 is 5.97 Å². The van der Waals surface area contributed by atoms with Crippen molar-refractivity contribution in [3.63, 3.8) is 0 Å². The van der Waals surface area contributed by atoms with Gasteiger partial charge in [-0.2, -0.15) is 0 Å². The highest BCUT2D eigenvalue weighted by molar-refractivity contribution is 5.94. The zero-order valence-electron chi connectivity index (χ0n) is 12.5. The summed E-state index contributed by atoms with van der Waals surface area (Å²) < 4.78 is 19.4. The van der Waals surface area contributed by atoms with E-state index >= 15 is 0 Å². The van der Waals surface area contributed by atoms with Crippen LogP contribution < -0.4 is 5.56 Å². The molecule has 1 aromatic carbocycles. The van der Waals surface area contributed by atoms with Crippen molar-refractivity contribution in [2.24, 2.45) is 0 Å². The first kappa shape index (κ1) is 14.9. The number of benzene rings is 1. The molecule has 0 spiro atoms. The van der Waals surface area contributed by atoms with Crippen molar-refractivity contribution in [1.82, 2.24) is 9.55 Å². The van der Waals surface area contributed by atoms with E-state index < -0.39 is 11.8 Å². The number of carbonyl (C=O) groups is 1. The number of pyridine rings is 2. The highest BCUT2D eigenvalue weighted by Crippen LogP contribution is 2.16. The van der Waals surface area contributed by atoms with Gasteiger partial charge in [0.25, 0.3) is 5.56 Å². The maximum atomic E-state index is 13.4. The topological polar surface area (TPSA) is 61.2 Å². The standard InChI is InChI=1S/C17H13FN2O3/c1-10-13(17(22)23-2)9-14-15(19-10)6-7-20(16(14)21)12-5-3-4-11(18)8-12/h3-9H,1-2H3. The molecular formula is C17H13FN2O3. The predicted octanol–water partition coefficient (Wildman–Crippen LogP) is 2.62. The highest BCUT2D eigenvalue weighted by Gasteiger charge is 2.14. The summed E-state index contributed by atoms with van der Waals surface area (Å²) >= 11 is 0. The third-order valence-corrected chi connectivity index (χ3v) is 3.56. The summed E-state index contributed by atoms with van der Waals surface area (Å²) in [5, 5.41) is 0.266. The number of fused-ring (bicyclic) bond motifs is 1. The first-order valence-corrected chi connectivity index (χ1v) is 6.88. The van der Waals surface area contributed by atoms with Crippen molar-refractivity contribution < 1.29 is 13.9 Å². The average Bonchev–Trinajstić information content (AvgIpc) is 2.54. The molecular weight excluding hydrogens is 299 g/mol. The van der Waals surface area contributed by atoms with Crippen LogP contribution in [-0.2, 0) is 4.74 Å². The molecule has 2 aromatic heterocycles.